The molecule has 16 nitrogen and oxygen atoms in total. The first-order chi connectivity index (χ1) is 34.8. The van der Waals surface area contributed by atoms with Gasteiger partial charge in [-0.25, -0.2) is 0 Å². The number of likely N-dealkylation sites (tertiary alicyclic amines) is 2. The largest absolute Gasteiger partial charge is 0.347 e. The third kappa shape index (κ3) is 13.2. The lowest BCUT2D eigenvalue weighted by molar-refractivity contribution is -0.142. The van der Waals surface area contributed by atoms with Crippen LogP contribution >= 0.6 is 0 Å². The van der Waals surface area contributed by atoms with E-state index in [1.165, 1.54) is 11.1 Å². The lowest BCUT2D eigenvalue weighted by Crippen LogP contribution is -2.55. The van der Waals surface area contributed by atoms with E-state index in [9.17, 15) is 38.4 Å². The maximum Gasteiger partial charge on any atom is 0.245 e. The summed E-state index contributed by atoms with van der Waals surface area (Å²) in [6, 6.07) is 18.0. The molecule has 3 aromatic rings. The van der Waals surface area contributed by atoms with Gasteiger partial charge in [0.05, 0.1) is 24.2 Å². The summed E-state index contributed by atoms with van der Waals surface area (Å²) in [6.07, 6.45) is 8.69. The number of hydrogen-bond acceptors (Lipinski definition) is 10. The molecule has 6 amide bonds. The molecule has 72 heavy (non-hydrogen) atoms. The van der Waals surface area contributed by atoms with Crippen molar-refractivity contribution in [2.75, 3.05) is 27.2 Å². The Morgan fingerprint density at radius 3 is 1.38 bits per heavy atom. The van der Waals surface area contributed by atoms with Gasteiger partial charge < -0.3 is 41.7 Å². The monoisotopic (exact) mass is 987 g/mol. The zero-order valence-corrected chi connectivity index (χ0v) is 42.4. The summed E-state index contributed by atoms with van der Waals surface area (Å²) in [7, 11) is 3.30. The Morgan fingerprint density at radius 2 is 0.958 bits per heavy atom. The van der Waals surface area contributed by atoms with Crippen molar-refractivity contribution in [3.05, 3.63) is 106 Å². The van der Waals surface area contributed by atoms with E-state index in [1.807, 2.05) is 36.4 Å². The van der Waals surface area contributed by atoms with E-state index in [0.717, 1.165) is 49.7 Å². The number of benzene rings is 3. The minimum atomic E-state index is -0.965. The highest BCUT2D eigenvalue weighted by molar-refractivity contribution is 6.01. The van der Waals surface area contributed by atoms with Gasteiger partial charge in [0.15, 0.2) is 11.6 Å². The number of nitrogens with zero attached hydrogens (tertiary/aromatic N) is 2. The van der Waals surface area contributed by atoms with Crippen LogP contribution in [0.5, 0.6) is 0 Å². The van der Waals surface area contributed by atoms with E-state index in [2.05, 4.69) is 44.0 Å². The number of carbonyl (C=O) groups is 8. The number of Topliss-reactive ketones (excluding diaryl/α,β-unsaturated/α-hetero) is 2. The van der Waals surface area contributed by atoms with Gasteiger partial charge in [0.1, 0.15) is 24.2 Å². The minimum absolute atomic E-state index is 0.0435. The van der Waals surface area contributed by atoms with Crippen molar-refractivity contribution in [3.63, 3.8) is 0 Å². The van der Waals surface area contributed by atoms with E-state index in [4.69, 9.17) is 0 Å². The molecule has 2 heterocycles. The van der Waals surface area contributed by atoms with Crippen molar-refractivity contribution in [2.24, 2.45) is 0 Å². The third-order valence-corrected chi connectivity index (χ3v) is 15.2. The van der Waals surface area contributed by atoms with Gasteiger partial charge in [-0.05, 0) is 146 Å². The van der Waals surface area contributed by atoms with E-state index in [0.29, 0.717) is 49.9 Å². The number of nitrogens with one attached hydrogen (secondary N) is 6. The van der Waals surface area contributed by atoms with Gasteiger partial charge in [0.2, 0.25) is 35.4 Å². The second-order valence-electron chi connectivity index (χ2n) is 20.0. The summed E-state index contributed by atoms with van der Waals surface area (Å²) >= 11 is 0. The van der Waals surface area contributed by atoms with E-state index in [-0.39, 0.29) is 97.6 Å². The molecule has 0 unspecified atom stereocenters. The fraction of sp³-hybridized carbons (Fsp3) is 0.536. The van der Waals surface area contributed by atoms with Crippen LogP contribution in [0.15, 0.2) is 72.8 Å². The second-order valence-corrected chi connectivity index (χ2v) is 20.0. The van der Waals surface area contributed by atoms with Gasteiger partial charge in [-0.2, -0.15) is 0 Å². The average molecular weight is 987 g/mol. The Morgan fingerprint density at radius 1 is 0.542 bits per heavy atom. The quantitative estimate of drug-likeness (QED) is 0.0746. The normalized spacial score (nSPS) is 21.0. The maximum absolute atomic E-state index is 14.3. The van der Waals surface area contributed by atoms with Crippen LogP contribution in [0.3, 0.4) is 0 Å². The van der Waals surface area contributed by atoms with Gasteiger partial charge in [-0.1, -0.05) is 66.7 Å². The average Bonchev–Trinajstić information content (AvgIpc) is 4.11. The summed E-state index contributed by atoms with van der Waals surface area (Å²) in [4.78, 5) is 113. The summed E-state index contributed by atoms with van der Waals surface area (Å²) in [5.41, 5.74) is 5.30. The van der Waals surface area contributed by atoms with Crippen LogP contribution in [0.2, 0.25) is 0 Å². The molecule has 3 aromatic carbocycles. The predicted molar refractivity (Wildman–Crippen MR) is 274 cm³/mol. The molecule has 4 aliphatic rings. The molecule has 2 saturated heterocycles. The van der Waals surface area contributed by atoms with E-state index < -0.39 is 36.3 Å². The topological polar surface area (TPSA) is 215 Å². The molecule has 0 radical (unpaired) electrons. The Labute approximate surface area is 424 Å². The molecule has 0 spiro atoms. The smallest absolute Gasteiger partial charge is 0.245 e. The number of rotatable bonds is 22. The van der Waals surface area contributed by atoms with Crippen LogP contribution in [0, 0.1) is 0 Å². The SMILES string of the molecule is CN[C@@H](C)C(=O)N[C@@H](CCCC(=O)c1cccc(C(=O)CCC[C@H](NC(=O)[C@H](C)NC)C(=O)N2CCC[C@H]2C(=O)N[C@@H]2CCCc3ccccc32)c1)C(=O)N1CCC[C@H]1C(=O)N[C@@H]1CCCc2ccccc21. The molecule has 2 aliphatic heterocycles. The fourth-order valence-electron chi connectivity index (χ4n) is 10.8. The number of fused-ring (bicyclic) bond motifs is 2. The number of aryl methyl sites for hydroxylation is 2. The number of likely N-dealkylation sites (N-methyl/N-ethyl adjacent to an activating group) is 2. The first-order valence-corrected chi connectivity index (χ1v) is 26.3. The summed E-state index contributed by atoms with van der Waals surface area (Å²) in [6.45, 7) is 4.13. The molecule has 7 rings (SSSR count). The number of ketones is 2. The van der Waals surface area contributed by atoms with Crippen molar-refractivity contribution in [2.45, 2.75) is 165 Å². The van der Waals surface area contributed by atoms with Gasteiger partial charge >= 0.3 is 0 Å². The van der Waals surface area contributed by atoms with Crippen molar-refractivity contribution < 1.29 is 38.4 Å². The van der Waals surface area contributed by atoms with Gasteiger partial charge in [0.25, 0.3) is 0 Å². The van der Waals surface area contributed by atoms with Crippen molar-refractivity contribution in [1.29, 1.82) is 0 Å². The van der Waals surface area contributed by atoms with Crippen LogP contribution in [0.4, 0.5) is 0 Å². The van der Waals surface area contributed by atoms with E-state index >= 15 is 0 Å². The highest BCUT2D eigenvalue weighted by Gasteiger charge is 2.41. The summed E-state index contributed by atoms with van der Waals surface area (Å²) in [5.74, 6) is -2.36. The van der Waals surface area contributed by atoms with Crippen molar-refractivity contribution in [3.8, 4) is 0 Å². The molecule has 2 fully saturated rings. The van der Waals surface area contributed by atoms with Crippen LogP contribution in [0.25, 0.3) is 0 Å². The molecule has 8 atom stereocenters. The summed E-state index contributed by atoms with van der Waals surface area (Å²) < 4.78 is 0. The fourth-order valence-corrected chi connectivity index (χ4v) is 10.8. The lowest BCUT2D eigenvalue weighted by atomic mass is 9.87. The number of amides is 6. The molecule has 386 valence electrons. The van der Waals surface area contributed by atoms with Crippen molar-refractivity contribution >= 4 is 47.0 Å². The Kier molecular flexibility index (Phi) is 18.9. The predicted octanol–water partition coefficient (Wildman–Crippen LogP) is 4.95. The number of carbonyl (C=O) groups excluding carboxylic acids is 8. The van der Waals surface area contributed by atoms with Crippen LogP contribution in [-0.4, -0.2) is 120 Å². The zero-order valence-electron chi connectivity index (χ0n) is 42.4. The summed E-state index contributed by atoms with van der Waals surface area (Å²) in [5, 5.41) is 18.0. The number of hydrogen-bond donors (Lipinski definition) is 6. The lowest BCUT2D eigenvalue weighted by Gasteiger charge is -2.32. The Bertz CT molecular complexity index is 2300. The zero-order chi connectivity index (χ0) is 51.3. The third-order valence-electron chi connectivity index (χ3n) is 15.2. The Balaban J connectivity index is 0.943. The van der Waals surface area contributed by atoms with E-state index in [1.54, 1.807) is 62.0 Å². The highest BCUT2D eigenvalue weighted by Crippen LogP contribution is 2.32. The second kappa shape index (κ2) is 25.4. The molecule has 16 heteroatoms. The highest BCUT2D eigenvalue weighted by atomic mass is 16.2. The molecule has 0 bridgehead atoms. The molecule has 2 aliphatic carbocycles. The Hall–Kier alpha value is -6.26. The first-order valence-electron chi connectivity index (χ1n) is 26.3. The van der Waals surface area contributed by atoms with Gasteiger partial charge in [-0.15, -0.1) is 0 Å². The van der Waals surface area contributed by atoms with Gasteiger partial charge in [0, 0.05) is 37.1 Å². The van der Waals surface area contributed by atoms with Crippen LogP contribution < -0.4 is 31.9 Å². The molecule has 0 saturated carbocycles. The minimum Gasteiger partial charge on any atom is -0.347 e. The standard InChI is InChI=1S/C56H74N8O8/c1-35(57-3)51(67)61-45(55(71)63-32-14-28-47(63)53(69)59-43-24-10-18-37-16-5-7-22-41(37)43)26-12-30-49(65)39-20-9-21-40(34-39)50(66)31-13-27-46(62-52(68)36(2)58-4)56(72)64-33-15-29-48(64)54(70)60-44-25-11-19-38-17-6-8-23-42(38)44/h5-9,16-17,20-23,34-36,43-48,57-58H,10-15,18-19,24-33H2,1-4H3,(H,59,69)(H,60,70)(H,61,67)(H,62,68)/t35-,36-,43+,44+,45-,46-,47-,48-/m0/s1. The van der Waals surface area contributed by atoms with Gasteiger partial charge in [-0.3, -0.25) is 38.4 Å². The first kappa shape index (κ1) is 53.5. The van der Waals surface area contributed by atoms with Crippen LogP contribution in [0.1, 0.15) is 159 Å². The molecule has 6 N–H and O–H groups in total. The molecular weight excluding hydrogens is 913 g/mol. The maximum atomic E-state index is 14.3. The van der Waals surface area contributed by atoms with Crippen LogP contribution in [-0.2, 0) is 41.6 Å². The van der Waals surface area contributed by atoms with Crippen molar-refractivity contribution in [1.82, 2.24) is 41.7 Å². The molecule has 0 aromatic heterocycles. The molecular formula is C56H74N8O8.